The fraction of sp³-hybridized carbons (Fsp3) is 0.441. The maximum atomic E-state index is 13.7. The first-order valence-electron chi connectivity index (χ1n) is 15.9. The zero-order chi connectivity index (χ0) is 36.4. The summed E-state index contributed by atoms with van der Waals surface area (Å²) in [4.78, 5) is 39.7. The van der Waals surface area contributed by atoms with Crippen molar-refractivity contribution in [3.8, 4) is 0 Å². The number of nitro groups is 1. The van der Waals surface area contributed by atoms with Gasteiger partial charge in [0, 0.05) is 37.5 Å². The van der Waals surface area contributed by atoms with Crippen molar-refractivity contribution in [2.24, 2.45) is 11.3 Å². The van der Waals surface area contributed by atoms with Gasteiger partial charge < -0.3 is 20.8 Å². The molecule has 1 unspecified atom stereocenters. The zero-order valence-corrected chi connectivity index (χ0v) is 29.1. The van der Waals surface area contributed by atoms with E-state index in [1.807, 2.05) is 44.2 Å². The van der Waals surface area contributed by atoms with Crippen LogP contribution in [-0.2, 0) is 21.2 Å². The molecule has 5 N–H and O–H groups in total. The highest BCUT2D eigenvalue weighted by Gasteiger charge is 2.37. The second-order valence-corrected chi connectivity index (χ2v) is 15.2. The summed E-state index contributed by atoms with van der Waals surface area (Å²) in [5, 5.41) is 42.6. The van der Waals surface area contributed by atoms with Gasteiger partial charge in [-0.25, -0.2) is 8.42 Å². The number of non-ortho nitro benzene ring substituents is 1. The topological polar surface area (TPSA) is 204 Å². The zero-order valence-electron chi connectivity index (χ0n) is 28.3. The van der Waals surface area contributed by atoms with Gasteiger partial charge in [0.25, 0.3) is 11.6 Å². The second-order valence-electron chi connectivity index (χ2n) is 13.3. The van der Waals surface area contributed by atoms with E-state index >= 15 is 0 Å². The molecule has 0 aliphatic carbocycles. The van der Waals surface area contributed by atoms with Crippen molar-refractivity contribution in [3.05, 3.63) is 100 Å². The van der Waals surface area contributed by atoms with Crippen molar-refractivity contribution in [2.45, 2.75) is 70.4 Å². The number of sulfonamides is 1. The molecule has 1 aromatic heterocycles. The molecular weight excluding hydrogens is 652 g/mol. The van der Waals surface area contributed by atoms with Crippen LogP contribution < -0.4 is 16.0 Å². The van der Waals surface area contributed by atoms with E-state index in [0.717, 1.165) is 34.1 Å². The molecule has 2 aromatic carbocycles. The van der Waals surface area contributed by atoms with E-state index in [4.69, 9.17) is 0 Å². The average Bonchev–Trinajstić information content (AvgIpc) is 3.05. The molecule has 0 fully saturated rings. The number of aromatic nitrogens is 1. The van der Waals surface area contributed by atoms with Gasteiger partial charge in [-0.3, -0.25) is 30.0 Å². The molecule has 15 heteroatoms. The Morgan fingerprint density at radius 1 is 0.959 bits per heavy atom. The third kappa shape index (κ3) is 11.7. The Bertz CT molecular complexity index is 1630. The van der Waals surface area contributed by atoms with E-state index in [0.29, 0.717) is 0 Å². The van der Waals surface area contributed by atoms with Gasteiger partial charge in [0.15, 0.2) is 0 Å². The van der Waals surface area contributed by atoms with Crippen molar-refractivity contribution in [2.75, 3.05) is 19.6 Å². The van der Waals surface area contributed by atoms with E-state index in [9.17, 15) is 38.3 Å². The number of aliphatic hydroxyl groups is 2. The molecule has 4 atom stereocenters. The van der Waals surface area contributed by atoms with Gasteiger partial charge in [0.1, 0.15) is 11.9 Å². The lowest BCUT2D eigenvalue weighted by Crippen LogP contribution is -2.61. The van der Waals surface area contributed by atoms with Crippen LogP contribution in [-0.4, -0.2) is 88.7 Å². The number of hydrogen-bond acceptors (Lipinski definition) is 10. The minimum atomic E-state index is -4.19. The number of rotatable bonds is 17. The first-order chi connectivity index (χ1) is 23.0. The lowest BCUT2D eigenvalue weighted by Gasteiger charge is -2.38. The van der Waals surface area contributed by atoms with Crippen LogP contribution in [0.2, 0.25) is 0 Å². The van der Waals surface area contributed by atoms with Crippen molar-refractivity contribution in [3.63, 3.8) is 0 Å². The van der Waals surface area contributed by atoms with Crippen LogP contribution in [0.15, 0.2) is 83.9 Å². The van der Waals surface area contributed by atoms with Gasteiger partial charge in [-0.15, -0.1) is 0 Å². The Balaban J connectivity index is 1.83. The quantitative estimate of drug-likeness (QED) is 0.0792. The fourth-order valence-corrected chi connectivity index (χ4v) is 6.76. The number of carbonyl (C=O) groups is 2. The van der Waals surface area contributed by atoms with Crippen LogP contribution in [0.5, 0.6) is 0 Å². The van der Waals surface area contributed by atoms with Gasteiger partial charge >= 0.3 is 0 Å². The van der Waals surface area contributed by atoms with Gasteiger partial charge in [-0.05, 0) is 47.6 Å². The molecule has 14 nitrogen and oxygen atoms in total. The minimum Gasteiger partial charge on any atom is -0.390 e. The van der Waals surface area contributed by atoms with Crippen LogP contribution in [0.4, 0.5) is 5.69 Å². The predicted octanol–water partition coefficient (Wildman–Crippen LogP) is 2.48. The van der Waals surface area contributed by atoms with Gasteiger partial charge in [0.2, 0.25) is 15.9 Å². The maximum Gasteiger partial charge on any atom is 0.270 e. The van der Waals surface area contributed by atoms with Crippen LogP contribution in [0.1, 0.15) is 50.7 Å². The number of hydrogen-bond donors (Lipinski definition) is 5. The molecule has 3 aromatic rings. The Morgan fingerprint density at radius 3 is 2.14 bits per heavy atom. The first kappa shape index (κ1) is 39.2. The van der Waals surface area contributed by atoms with Crippen LogP contribution in [0.3, 0.4) is 0 Å². The summed E-state index contributed by atoms with van der Waals surface area (Å²) in [5.41, 5.74) is -0.0256. The summed E-state index contributed by atoms with van der Waals surface area (Å²) in [7, 11) is -4.19. The normalized spacial score (nSPS) is 14.6. The summed E-state index contributed by atoms with van der Waals surface area (Å²) in [6.45, 7) is 8.36. The lowest BCUT2D eigenvalue weighted by atomic mass is 9.85. The molecule has 3 rings (SSSR count). The lowest BCUT2D eigenvalue weighted by molar-refractivity contribution is -0.384. The smallest absolute Gasteiger partial charge is 0.270 e. The molecule has 0 saturated heterocycles. The highest BCUT2D eigenvalue weighted by atomic mass is 32.2. The van der Waals surface area contributed by atoms with Crippen LogP contribution in [0, 0.1) is 21.4 Å². The van der Waals surface area contributed by atoms with Crippen LogP contribution in [0.25, 0.3) is 0 Å². The average molecular weight is 699 g/mol. The number of nitrogens with one attached hydrogen (secondary N) is 3. The molecule has 266 valence electrons. The number of carbonyl (C=O) groups excluding carboxylic acids is 2. The molecular formula is C34H46N6O8S. The number of aliphatic hydroxyl groups excluding tert-OH is 2. The molecule has 0 saturated carbocycles. The van der Waals surface area contributed by atoms with Crippen molar-refractivity contribution < 1.29 is 33.1 Å². The first-order valence-corrected chi connectivity index (χ1v) is 17.3. The molecule has 0 radical (unpaired) electrons. The SMILES string of the molecule is CC(C)CN(C[C@@H](O)[C@H](Cc1ccccc1)NC(O)[C@@H](NC(=O)CNC(=O)c1ccccn1)C(C)(C)C)S(=O)(=O)c1ccc([N+](=O)[O-])cc1. The van der Waals surface area contributed by atoms with Gasteiger partial charge in [0.05, 0.1) is 28.5 Å². The molecule has 0 aliphatic heterocycles. The number of benzene rings is 2. The summed E-state index contributed by atoms with van der Waals surface area (Å²) >= 11 is 0. The summed E-state index contributed by atoms with van der Waals surface area (Å²) < 4.78 is 28.6. The fourth-order valence-electron chi connectivity index (χ4n) is 5.13. The highest BCUT2D eigenvalue weighted by molar-refractivity contribution is 7.89. The predicted molar refractivity (Wildman–Crippen MR) is 184 cm³/mol. The molecule has 1 heterocycles. The monoisotopic (exact) mass is 698 g/mol. The number of amides is 2. The van der Waals surface area contributed by atoms with Crippen LogP contribution >= 0.6 is 0 Å². The molecule has 49 heavy (non-hydrogen) atoms. The van der Waals surface area contributed by atoms with E-state index in [-0.39, 0.29) is 48.2 Å². The summed E-state index contributed by atoms with van der Waals surface area (Å²) in [6, 6.07) is 16.7. The van der Waals surface area contributed by atoms with Crippen molar-refractivity contribution in [1.82, 2.24) is 25.2 Å². The summed E-state index contributed by atoms with van der Waals surface area (Å²) in [5.74, 6) is -1.24. The largest absolute Gasteiger partial charge is 0.390 e. The number of pyridine rings is 1. The Morgan fingerprint density at radius 2 is 1.59 bits per heavy atom. The molecule has 0 aliphatic rings. The second kappa shape index (κ2) is 17.4. The molecule has 0 bridgehead atoms. The van der Waals surface area contributed by atoms with Gasteiger partial charge in [-0.2, -0.15) is 4.31 Å². The third-order valence-corrected chi connectivity index (χ3v) is 9.51. The third-order valence-electron chi connectivity index (χ3n) is 7.66. The number of nitro benzene ring substituents is 1. The molecule has 2 amide bonds. The Hall–Kier alpha value is -4.28. The minimum absolute atomic E-state index is 0.0435. The number of nitrogens with zero attached hydrogens (tertiary/aromatic N) is 3. The van der Waals surface area contributed by atoms with Crippen molar-refractivity contribution in [1.29, 1.82) is 0 Å². The van der Waals surface area contributed by atoms with E-state index in [1.54, 1.807) is 32.9 Å². The Labute approximate surface area is 287 Å². The van der Waals surface area contributed by atoms with E-state index in [2.05, 4.69) is 20.9 Å². The van der Waals surface area contributed by atoms with E-state index < -0.39 is 56.6 Å². The standard InChI is InChI=1S/C34H46N6O8S/c1-23(2)21-39(49(47,48)26-16-14-25(15-17-26)40(45)46)22-29(41)28(19-24-11-7-6-8-12-24)37-33(44)31(34(3,4)5)38-30(42)20-36-32(43)27-13-9-10-18-35-27/h6-18,23,28-29,31,33,37,41,44H,19-22H2,1-5H3,(H,36,43)(H,38,42)/t28-,29+,31+,33?/m0/s1. The molecule has 0 spiro atoms. The Kier molecular flexibility index (Phi) is 13.9. The highest BCUT2D eigenvalue weighted by Crippen LogP contribution is 2.24. The van der Waals surface area contributed by atoms with Gasteiger partial charge in [-0.1, -0.05) is 71.0 Å². The maximum absolute atomic E-state index is 13.7. The van der Waals surface area contributed by atoms with Crippen molar-refractivity contribution >= 4 is 27.5 Å². The summed E-state index contributed by atoms with van der Waals surface area (Å²) in [6.07, 6.45) is -1.11. The van der Waals surface area contributed by atoms with E-state index in [1.165, 1.54) is 12.3 Å².